The van der Waals surface area contributed by atoms with E-state index < -0.39 is 0 Å². The molecule has 0 aliphatic carbocycles. The van der Waals surface area contributed by atoms with Gasteiger partial charge in [0, 0.05) is 6.08 Å². The number of hydrogen-bond donors (Lipinski definition) is 0. The van der Waals surface area contributed by atoms with E-state index in [1.54, 1.807) is 6.08 Å². The molecule has 22 heavy (non-hydrogen) atoms. The zero-order chi connectivity index (χ0) is 14.9. The Hall–Kier alpha value is -2.01. The van der Waals surface area contributed by atoms with E-state index in [1.165, 1.54) is 6.42 Å². The van der Waals surface area contributed by atoms with Crippen LogP contribution in [-0.4, -0.2) is 42.9 Å². The lowest BCUT2D eigenvalue weighted by Gasteiger charge is -2.45. The van der Waals surface area contributed by atoms with Gasteiger partial charge in [0.2, 0.25) is 12.7 Å². The molecule has 0 unspecified atom stereocenters. The fourth-order valence-electron chi connectivity index (χ4n) is 3.46. The fraction of sp³-hybridized carbons (Fsp3) is 0.471. The maximum Gasteiger partial charge on any atom is 0.247 e. The average molecular weight is 301 g/mol. The quantitative estimate of drug-likeness (QED) is 0.786. The Morgan fingerprint density at radius 1 is 1.14 bits per heavy atom. The monoisotopic (exact) mass is 301 g/mol. The third kappa shape index (κ3) is 2.46. The molecule has 2 saturated heterocycles. The van der Waals surface area contributed by atoms with Crippen LogP contribution in [0.5, 0.6) is 11.5 Å². The summed E-state index contributed by atoms with van der Waals surface area (Å²) in [5, 5.41) is 0. The van der Waals surface area contributed by atoms with E-state index in [2.05, 4.69) is 0 Å². The second kappa shape index (κ2) is 5.65. The Balaban J connectivity index is 1.49. The van der Waals surface area contributed by atoms with Crippen LogP contribution >= 0.6 is 0 Å². The molecule has 2 fully saturated rings. The Morgan fingerprint density at radius 2 is 1.91 bits per heavy atom. The first-order valence-electron chi connectivity index (χ1n) is 7.79. The number of amides is 1. The van der Waals surface area contributed by atoms with E-state index in [9.17, 15) is 4.79 Å². The minimum Gasteiger partial charge on any atom is -0.454 e. The number of hydrogen-bond acceptors (Lipinski definition) is 4. The average Bonchev–Trinajstić information content (AvgIpc) is 2.99. The molecule has 4 rings (SSSR count). The van der Waals surface area contributed by atoms with Crippen LogP contribution in [0.4, 0.5) is 0 Å². The molecule has 0 saturated carbocycles. The van der Waals surface area contributed by atoms with Crippen LogP contribution in [0.1, 0.15) is 24.8 Å². The van der Waals surface area contributed by atoms with Gasteiger partial charge in [-0.2, -0.15) is 0 Å². The predicted molar refractivity (Wildman–Crippen MR) is 80.7 cm³/mol. The first kappa shape index (κ1) is 13.6. The minimum absolute atomic E-state index is 0.0793. The van der Waals surface area contributed by atoms with E-state index in [1.807, 2.05) is 29.2 Å². The van der Waals surface area contributed by atoms with Crippen molar-refractivity contribution in [2.24, 2.45) is 0 Å². The highest BCUT2D eigenvalue weighted by Crippen LogP contribution is 2.33. The Labute approximate surface area is 129 Å². The van der Waals surface area contributed by atoms with Crippen LogP contribution in [-0.2, 0) is 9.53 Å². The van der Waals surface area contributed by atoms with Gasteiger partial charge < -0.3 is 19.1 Å². The highest BCUT2D eigenvalue weighted by Gasteiger charge is 2.36. The van der Waals surface area contributed by atoms with Crippen molar-refractivity contribution in [3.05, 3.63) is 29.8 Å². The maximum atomic E-state index is 12.5. The molecule has 0 aromatic heterocycles. The standard InChI is InChI=1S/C17H19NO4/c19-17(18-13-2-1-3-14(18)10-20-9-13)7-5-12-4-6-15-16(8-12)22-11-21-15/h4-8,13-14H,1-3,9-11H2/b7-5+/t13-,14-/m1/s1. The van der Waals surface area contributed by atoms with Crippen molar-refractivity contribution in [3.8, 4) is 11.5 Å². The van der Waals surface area contributed by atoms with Gasteiger partial charge in [0.25, 0.3) is 0 Å². The molecule has 0 radical (unpaired) electrons. The van der Waals surface area contributed by atoms with Crippen molar-refractivity contribution in [1.29, 1.82) is 0 Å². The molecule has 3 heterocycles. The van der Waals surface area contributed by atoms with Crippen LogP contribution in [0.2, 0.25) is 0 Å². The van der Waals surface area contributed by atoms with Gasteiger partial charge in [0.05, 0.1) is 25.3 Å². The molecule has 5 nitrogen and oxygen atoms in total. The highest BCUT2D eigenvalue weighted by atomic mass is 16.7. The van der Waals surface area contributed by atoms with Gasteiger partial charge in [-0.15, -0.1) is 0 Å². The highest BCUT2D eigenvalue weighted by molar-refractivity contribution is 5.92. The molecular formula is C17H19NO4. The molecule has 0 spiro atoms. The number of benzene rings is 1. The number of carbonyl (C=O) groups is 1. The zero-order valence-corrected chi connectivity index (χ0v) is 12.4. The smallest absolute Gasteiger partial charge is 0.247 e. The van der Waals surface area contributed by atoms with Crippen molar-refractivity contribution < 1.29 is 19.0 Å². The molecule has 2 atom stereocenters. The third-order valence-corrected chi connectivity index (χ3v) is 4.55. The second-order valence-electron chi connectivity index (χ2n) is 5.97. The van der Waals surface area contributed by atoms with Gasteiger partial charge in [-0.1, -0.05) is 6.07 Å². The number of morpholine rings is 1. The molecule has 1 aromatic rings. The summed E-state index contributed by atoms with van der Waals surface area (Å²) < 4.78 is 16.2. The normalized spacial score (nSPS) is 26.5. The molecule has 0 N–H and O–H groups in total. The van der Waals surface area contributed by atoms with Crippen molar-refractivity contribution in [2.45, 2.75) is 31.3 Å². The predicted octanol–water partition coefficient (Wildman–Crippen LogP) is 2.21. The van der Waals surface area contributed by atoms with Crippen molar-refractivity contribution in [3.63, 3.8) is 0 Å². The Morgan fingerprint density at radius 3 is 2.73 bits per heavy atom. The summed E-state index contributed by atoms with van der Waals surface area (Å²) >= 11 is 0. The number of fused-ring (bicyclic) bond motifs is 3. The van der Waals surface area contributed by atoms with Gasteiger partial charge in [0.1, 0.15) is 0 Å². The third-order valence-electron chi connectivity index (χ3n) is 4.55. The van der Waals surface area contributed by atoms with Crippen LogP contribution in [0.3, 0.4) is 0 Å². The number of ether oxygens (including phenoxy) is 3. The van der Waals surface area contributed by atoms with E-state index in [0.29, 0.717) is 13.2 Å². The summed E-state index contributed by atoms with van der Waals surface area (Å²) in [6.45, 7) is 1.60. The molecule has 2 bridgehead atoms. The lowest BCUT2D eigenvalue weighted by molar-refractivity contribution is -0.145. The molecular weight excluding hydrogens is 282 g/mol. The Bertz CT molecular complexity index is 591. The van der Waals surface area contributed by atoms with Crippen LogP contribution < -0.4 is 9.47 Å². The first-order valence-corrected chi connectivity index (χ1v) is 7.79. The number of piperidine rings is 1. The van der Waals surface area contributed by atoms with Gasteiger partial charge in [-0.25, -0.2) is 0 Å². The van der Waals surface area contributed by atoms with Gasteiger partial charge >= 0.3 is 0 Å². The lowest BCUT2D eigenvalue weighted by atomic mass is 9.94. The van der Waals surface area contributed by atoms with Gasteiger partial charge in [0.15, 0.2) is 11.5 Å². The van der Waals surface area contributed by atoms with Gasteiger partial charge in [-0.05, 0) is 43.0 Å². The lowest BCUT2D eigenvalue weighted by Crippen LogP contribution is -2.56. The summed E-state index contributed by atoms with van der Waals surface area (Å²) in [5.74, 6) is 1.57. The van der Waals surface area contributed by atoms with Crippen LogP contribution in [0.25, 0.3) is 6.08 Å². The van der Waals surface area contributed by atoms with E-state index in [-0.39, 0.29) is 24.8 Å². The maximum absolute atomic E-state index is 12.5. The topological polar surface area (TPSA) is 48.0 Å². The second-order valence-corrected chi connectivity index (χ2v) is 5.97. The number of nitrogens with zero attached hydrogens (tertiary/aromatic N) is 1. The number of rotatable bonds is 2. The Kier molecular flexibility index (Phi) is 3.50. The van der Waals surface area contributed by atoms with Gasteiger partial charge in [-0.3, -0.25) is 4.79 Å². The zero-order valence-electron chi connectivity index (χ0n) is 12.4. The summed E-state index contributed by atoms with van der Waals surface area (Å²) in [6, 6.07) is 6.17. The van der Waals surface area contributed by atoms with E-state index in [4.69, 9.17) is 14.2 Å². The SMILES string of the molecule is O=C(/C=C/c1ccc2c(c1)OCO2)N1[C@@H]2CCC[C@@H]1COC2. The molecule has 3 aliphatic rings. The van der Waals surface area contributed by atoms with Crippen molar-refractivity contribution in [2.75, 3.05) is 20.0 Å². The fourth-order valence-corrected chi connectivity index (χ4v) is 3.46. The summed E-state index contributed by atoms with van der Waals surface area (Å²) in [5.41, 5.74) is 0.941. The molecule has 1 amide bonds. The summed E-state index contributed by atoms with van der Waals surface area (Å²) in [4.78, 5) is 14.6. The molecule has 116 valence electrons. The van der Waals surface area contributed by atoms with E-state index >= 15 is 0 Å². The van der Waals surface area contributed by atoms with Crippen LogP contribution in [0, 0.1) is 0 Å². The van der Waals surface area contributed by atoms with E-state index in [0.717, 1.165) is 29.9 Å². The number of carbonyl (C=O) groups excluding carboxylic acids is 1. The summed E-state index contributed by atoms with van der Waals surface area (Å²) in [7, 11) is 0. The largest absolute Gasteiger partial charge is 0.454 e. The molecule has 5 heteroatoms. The summed E-state index contributed by atoms with van der Waals surface area (Å²) in [6.07, 6.45) is 6.78. The first-order chi connectivity index (χ1) is 10.8. The minimum atomic E-state index is 0.0793. The van der Waals surface area contributed by atoms with Crippen molar-refractivity contribution >= 4 is 12.0 Å². The van der Waals surface area contributed by atoms with Crippen molar-refractivity contribution in [1.82, 2.24) is 4.90 Å². The molecule has 1 aromatic carbocycles. The van der Waals surface area contributed by atoms with Crippen LogP contribution in [0.15, 0.2) is 24.3 Å². The molecule has 3 aliphatic heterocycles.